The van der Waals surface area contributed by atoms with Gasteiger partial charge in [-0.2, -0.15) is 0 Å². The molecule has 1 atom stereocenters. The zero-order valence-corrected chi connectivity index (χ0v) is 11.6. The van der Waals surface area contributed by atoms with E-state index < -0.39 is 0 Å². The van der Waals surface area contributed by atoms with Crippen molar-refractivity contribution >= 4 is 11.0 Å². The largest absolute Gasteiger partial charge is 0.490 e. The van der Waals surface area contributed by atoms with Crippen molar-refractivity contribution in [3.8, 4) is 11.6 Å². The van der Waals surface area contributed by atoms with Gasteiger partial charge in [0.1, 0.15) is 11.9 Å². The molecular formula is C15H19NO3. The van der Waals surface area contributed by atoms with Crippen molar-refractivity contribution in [1.29, 1.82) is 0 Å². The first-order valence-corrected chi connectivity index (χ1v) is 6.90. The zero-order valence-electron chi connectivity index (χ0n) is 11.6. The minimum absolute atomic E-state index is 0.291. The van der Waals surface area contributed by atoms with Crippen molar-refractivity contribution in [2.24, 2.45) is 5.92 Å². The molecule has 0 saturated heterocycles. The zero-order chi connectivity index (χ0) is 13.4. The number of benzene rings is 1. The number of ether oxygens (including phenoxy) is 2. The Labute approximate surface area is 112 Å². The molecule has 1 unspecified atom stereocenters. The van der Waals surface area contributed by atoms with Gasteiger partial charge in [-0.15, -0.1) is 0 Å². The van der Waals surface area contributed by atoms with Crippen molar-refractivity contribution < 1.29 is 14.0 Å². The Balaban J connectivity index is 1.99. The molecule has 19 heavy (non-hydrogen) atoms. The molecule has 1 aliphatic rings. The Morgan fingerprint density at radius 1 is 1.42 bits per heavy atom. The van der Waals surface area contributed by atoms with E-state index in [9.17, 15) is 0 Å². The summed E-state index contributed by atoms with van der Waals surface area (Å²) >= 11 is 0. The summed E-state index contributed by atoms with van der Waals surface area (Å²) in [5.41, 5.74) is 1.94. The van der Waals surface area contributed by atoms with E-state index in [1.807, 2.05) is 13.0 Å². The molecule has 4 nitrogen and oxygen atoms in total. The summed E-state index contributed by atoms with van der Waals surface area (Å²) in [5.74, 6) is 2.03. The fraction of sp³-hybridized carbons (Fsp3) is 0.533. The number of nitrogens with zero attached hydrogens (tertiary/aromatic N) is 1. The van der Waals surface area contributed by atoms with E-state index in [1.54, 1.807) is 0 Å². The Morgan fingerprint density at radius 2 is 2.26 bits per heavy atom. The Hall–Kier alpha value is -1.71. The predicted molar refractivity (Wildman–Crippen MR) is 72.8 cm³/mol. The van der Waals surface area contributed by atoms with Gasteiger partial charge in [0.15, 0.2) is 5.58 Å². The fourth-order valence-corrected chi connectivity index (χ4v) is 2.52. The quantitative estimate of drug-likeness (QED) is 0.847. The van der Waals surface area contributed by atoms with Gasteiger partial charge in [-0.25, -0.2) is 0 Å². The molecule has 1 aromatic heterocycles. The number of fused-ring (bicyclic) bond motifs is 2. The molecule has 1 aromatic carbocycles. The third-order valence-electron chi connectivity index (χ3n) is 3.62. The molecule has 0 amide bonds. The van der Waals surface area contributed by atoms with E-state index in [0.29, 0.717) is 24.5 Å². The molecule has 2 heterocycles. The summed E-state index contributed by atoms with van der Waals surface area (Å²) in [4.78, 5) is 0. The van der Waals surface area contributed by atoms with E-state index in [0.717, 1.165) is 29.6 Å². The van der Waals surface area contributed by atoms with E-state index in [1.165, 1.54) is 5.56 Å². The van der Waals surface area contributed by atoms with Crippen molar-refractivity contribution in [1.82, 2.24) is 5.16 Å². The topological polar surface area (TPSA) is 44.5 Å². The first-order chi connectivity index (χ1) is 9.19. The molecule has 0 fully saturated rings. The summed E-state index contributed by atoms with van der Waals surface area (Å²) in [6, 6.07) is 4.03. The number of hydrogen-bond donors (Lipinski definition) is 0. The number of rotatable bonds is 3. The van der Waals surface area contributed by atoms with Crippen molar-refractivity contribution in [2.45, 2.75) is 39.7 Å². The van der Waals surface area contributed by atoms with Crippen molar-refractivity contribution in [3.63, 3.8) is 0 Å². The summed E-state index contributed by atoms with van der Waals surface area (Å²) in [7, 11) is 0. The molecule has 0 radical (unpaired) electrons. The highest BCUT2D eigenvalue weighted by atomic mass is 16.5. The first-order valence-electron chi connectivity index (χ1n) is 6.90. The van der Waals surface area contributed by atoms with Crippen LogP contribution in [-0.2, 0) is 6.42 Å². The number of aryl methyl sites for hydroxylation is 1. The van der Waals surface area contributed by atoms with Gasteiger partial charge < -0.3 is 14.0 Å². The molecule has 3 rings (SSSR count). The maximum atomic E-state index is 6.04. The highest BCUT2D eigenvalue weighted by Crippen LogP contribution is 2.36. The van der Waals surface area contributed by atoms with Crippen LogP contribution in [0.3, 0.4) is 0 Å². The van der Waals surface area contributed by atoms with Crippen LogP contribution < -0.4 is 9.47 Å². The molecule has 0 bridgehead atoms. The van der Waals surface area contributed by atoms with Crippen molar-refractivity contribution in [3.05, 3.63) is 17.7 Å². The molecule has 102 valence electrons. The van der Waals surface area contributed by atoms with Gasteiger partial charge >= 0.3 is 0 Å². The predicted octanol–water partition coefficient (Wildman–Crippen LogP) is 3.58. The summed E-state index contributed by atoms with van der Waals surface area (Å²) in [6.45, 7) is 6.91. The van der Waals surface area contributed by atoms with E-state index in [-0.39, 0.29) is 0 Å². The SMILES string of the molecule is CCOc1noc2cc3c(cc12)CCC(C(C)C)O3. The second kappa shape index (κ2) is 4.76. The Morgan fingerprint density at radius 3 is 3.00 bits per heavy atom. The summed E-state index contributed by atoms with van der Waals surface area (Å²) < 4.78 is 16.8. The van der Waals surface area contributed by atoms with Gasteiger partial charge in [-0.05, 0) is 42.5 Å². The van der Waals surface area contributed by atoms with Gasteiger partial charge in [-0.3, -0.25) is 0 Å². The minimum Gasteiger partial charge on any atom is -0.490 e. The summed E-state index contributed by atoms with van der Waals surface area (Å²) in [6.07, 6.45) is 2.38. The maximum Gasteiger partial charge on any atom is 0.262 e. The third kappa shape index (κ3) is 2.15. The van der Waals surface area contributed by atoms with Gasteiger partial charge in [0, 0.05) is 6.07 Å². The van der Waals surface area contributed by atoms with Crippen LogP contribution in [0.4, 0.5) is 0 Å². The lowest BCUT2D eigenvalue weighted by molar-refractivity contribution is 0.127. The minimum atomic E-state index is 0.291. The molecule has 0 spiro atoms. The van der Waals surface area contributed by atoms with Crippen LogP contribution in [0.5, 0.6) is 11.6 Å². The van der Waals surface area contributed by atoms with Crippen LogP contribution in [0.25, 0.3) is 11.0 Å². The Bertz CT molecular complexity index is 588. The molecule has 2 aromatic rings. The van der Waals surface area contributed by atoms with Crippen LogP contribution in [0.2, 0.25) is 0 Å². The molecule has 1 aliphatic heterocycles. The number of hydrogen-bond acceptors (Lipinski definition) is 4. The maximum absolute atomic E-state index is 6.04. The lowest BCUT2D eigenvalue weighted by atomic mass is 9.95. The molecule has 0 N–H and O–H groups in total. The highest BCUT2D eigenvalue weighted by molar-refractivity contribution is 5.84. The van der Waals surface area contributed by atoms with Gasteiger partial charge in [0.2, 0.25) is 0 Å². The van der Waals surface area contributed by atoms with Gasteiger partial charge in [-0.1, -0.05) is 13.8 Å². The molecule has 0 saturated carbocycles. The normalized spacial score (nSPS) is 18.4. The Kier molecular flexibility index (Phi) is 3.09. The fourth-order valence-electron chi connectivity index (χ4n) is 2.52. The van der Waals surface area contributed by atoms with Gasteiger partial charge in [0.05, 0.1) is 12.0 Å². The lowest BCUT2D eigenvalue weighted by Gasteiger charge is -2.28. The number of aromatic nitrogens is 1. The van der Waals surface area contributed by atoms with Crippen LogP contribution in [0.15, 0.2) is 16.7 Å². The molecule has 4 heteroatoms. The smallest absolute Gasteiger partial charge is 0.262 e. The third-order valence-corrected chi connectivity index (χ3v) is 3.62. The van der Waals surface area contributed by atoms with Gasteiger partial charge in [0.25, 0.3) is 5.88 Å². The van der Waals surface area contributed by atoms with E-state index in [4.69, 9.17) is 14.0 Å². The molecule has 0 aliphatic carbocycles. The van der Waals surface area contributed by atoms with Crippen LogP contribution in [0.1, 0.15) is 32.8 Å². The summed E-state index contributed by atoms with van der Waals surface area (Å²) in [5, 5.41) is 4.89. The van der Waals surface area contributed by atoms with Crippen LogP contribution >= 0.6 is 0 Å². The molecular weight excluding hydrogens is 242 g/mol. The highest BCUT2D eigenvalue weighted by Gasteiger charge is 2.24. The standard InChI is InChI=1S/C15H19NO3/c1-4-17-15-11-7-10-5-6-12(9(2)3)18-13(10)8-14(11)19-16-15/h7-9,12H,4-6H2,1-3H3. The second-order valence-corrected chi connectivity index (χ2v) is 5.32. The van der Waals surface area contributed by atoms with Crippen LogP contribution in [0, 0.1) is 5.92 Å². The monoisotopic (exact) mass is 261 g/mol. The van der Waals surface area contributed by atoms with Crippen LogP contribution in [-0.4, -0.2) is 17.9 Å². The van der Waals surface area contributed by atoms with E-state index in [2.05, 4.69) is 25.1 Å². The lowest BCUT2D eigenvalue weighted by Crippen LogP contribution is -2.27. The second-order valence-electron chi connectivity index (χ2n) is 5.32. The van der Waals surface area contributed by atoms with Crippen molar-refractivity contribution in [2.75, 3.05) is 6.61 Å². The van der Waals surface area contributed by atoms with E-state index >= 15 is 0 Å². The first kappa shape index (κ1) is 12.3. The average Bonchev–Trinajstić information content (AvgIpc) is 2.78. The average molecular weight is 261 g/mol.